The van der Waals surface area contributed by atoms with Crippen molar-refractivity contribution in [2.45, 2.75) is 45.8 Å². The third kappa shape index (κ3) is 6.46. The maximum absolute atomic E-state index is 12.3. The minimum absolute atomic E-state index is 0.00724. The molecule has 0 aromatic heterocycles. The Balaban J connectivity index is 1.71. The number of carbonyl (C=O) groups is 2. The molecule has 1 aliphatic rings. The number of aromatic carboxylic acids is 1. The Kier molecular flexibility index (Phi) is 6.85. The molecule has 1 atom stereocenters. The van der Waals surface area contributed by atoms with Gasteiger partial charge in [-0.25, -0.2) is 4.79 Å². The third-order valence-electron chi connectivity index (χ3n) is 4.70. The normalized spacial score (nSPS) is 14.5. The van der Waals surface area contributed by atoms with Gasteiger partial charge in [0.05, 0.1) is 17.8 Å². The zero-order valence-corrected chi connectivity index (χ0v) is 18.4. The molecular formula is C24H29NO6. The van der Waals surface area contributed by atoms with Gasteiger partial charge in [-0.1, -0.05) is 0 Å². The fourth-order valence-electron chi connectivity index (χ4n) is 2.96. The van der Waals surface area contributed by atoms with E-state index >= 15 is 0 Å². The summed E-state index contributed by atoms with van der Waals surface area (Å²) in [5.74, 6) is 0.139. The van der Waals surface area contributed by atoms with E-state index in [4.69, 9.17) is 14.2 Å². The number of hydrogen-bond acceptors (Lipinski definition) is 5. The van der Waals surface area contributed by atoms with E-state index in [2.05, 4.69) is 0 Å². The Labute approximate surface area is 182 Å². The molecule has 1 fully saturated rings. The van der Waals surface area contributed by atoms with Crippen LogP contribution < -0.4 is 9.47 Å². The van der Waals surface area contributed by atoms with Gasteiger partial charge in [-0.3, -0.25) is 4.79 Å². The van der Waals surface area contributed by atoms with Crippen molar-refractivity contribution in [2.75, 3.05) is 19.7 Å². The van der Waals surface area contributed by atoms with E-state index in [1.54, 1.807) is 35.2 Å². The minimum Gasteiger partial charge on any atom is -0.488 e. The first kappa shape index (κ1) is 22.6. The second-order valence-electron chi connectivity index (χ2n) is 8.62. The van der Waals surface area contributed by atoms with E-state index in [0.29, 0.717) is 29.4 Å². The SMILES string of the molecule is CC(COC(C)(C)C)Oc1cc(Oc2ccc(C(=O)N3CCC3)cc2)cc(C(=O)O)c1. The summed E-state index contributed by atoms with van der Waals surface area (Å²) >= 11 is 0. The monoisotopic (exact) mass is 427 g/mol. The Morgan fingerprint density at radius 1 is 1.00 bits per heavy atom. The Bertz CT molecular complexity index is 928. The molecule has 7 nitrogen and oxygen atoms in total. The van der Waals surface area contributed by atoms with Crippen LogP contribution in [0.15, 0.2) is 42.5 Å². The van der Waals surface area contributed by atoms with Gasteiger partial charge in [0.2, 0.25) is 0 Å². The maximum atomic E-state index is 12.3. The Morgan fingerprint density at radius 2 is 1.65 bits per heavy atom. The number of benzene rings is 2. The van der Waals surface area contributed by atoms with E-state index in [-0.39, 0.29) is 23.2 Å². The maximum Gasteiger partial charge on any atom is 0.335 e. The largest absolute Gasteiger partial charge is 0.488 e. The molecule has 0 radical (unpaired) electrons. The van der Waals surface area contributed by atoms with Gasteiger partial charge in [-0.15, -0.1) is 0 Å². The lowest BCUT2D eigenvalue weighted by atomic mass is 10.1. The summed E-state index contributed by atoms with van der Waals surface area (Å²) in [6.07, 6.45) is 0.765. The van der Waals surface area contributed by atoms with Crippen molar-refractivity contribution < 1.29 is 28.9 Å². The van der Waals surface area contributed by atoms with E-state index < -0.39 is 5.97 Å². The molecule has 2 aromatic rings. The fraction of sp³-hybridized carbons (Fsp3) is 0.417. The quantitative estimate of drug-likeness (QED) is 0.662. The number of nitrogens with zero attached hydrogens (tertiary/aromatic N) is 1. The lowest BCUT2D eigenvalue weighted by molar-refractivity contribution is -0.0374. The van der Waals surface area contributed by atoms with Crippen molar-refractivity contribution >= 4 is 11.9 Å². The van der Waals surface area contributed by atoms with E-state index in [1.807, 2.05) is 27.7 Å². The molecule has 3 rings (SSSR count). The number of amides is 1. The molecule has 0 spiro atoms. The molecule has 166 valence electrons. The molecule has 7 heteroatoms. The van der Waals surface area contributed by atoms with E-state index in [0.717, 1.165) is 19.5 Å². The average Bonchev–Trinajstić information content (AvgIpc) is 2.65. The van der Waals surface area contributed by atoms with Crippen LogP contribution in [0.1, 0.15) is 54.8 Å². The Hall–Kier alpha value is -3.06. The molecule has 2 aromatic carbocycles. The van der Waals surface area contributed by atoms with Crippen LogP contribution in [0, 0.1) is 0 Å². The van der Waals surface area contributed by atoms with Gasteiger partial charge in [-0.2, -0.15) is 0 Å². The standard InChI is InChI=1S/C24H29NO6/c1-16(15-29-24(2,3)4)30-20-12-18(23(27)28)13-21(14-20)31-19-8-6-17(7-9-19)22(26)25-10-5-11-25/h6-9,12-14,16H,5,10-11,15H2,1-4H3,(H,27,28). The zero-order chi connectivity index (χ0) is 22.6. The molecule has 1 N–H and O–H groups in total. The topological polar surface area (TPSA) is 85.3 Å². The molecule has 1 aliphatic heterocycles. The molecule has 0 saturated carbocycles. The number of carboxylic acids is 1. The van der Waals surface area contributed by atoms with E-state index in [1.165, 1.54) is 12.1 Å². The van der Waals surface area contributed by atoms with Crippen LogP contribution in [0.2, 0.25) is 0 Å². The third-order valence-corrected chi connectivity index (χ3v) is 4.70. The highest BCUT2D eigenvalue weighted by Gasteiger charge is 2.21. The van der Waals surface area contributed by atoms with Gasteiger partial charge in [0.1, 0.15) is 23.4 Å². The lowest BCUT2D eigenvalue weighted by Gasteiger charge is -2.30. The van der Waals surface area contributed by atoms with Crippen LogP contribution in [0.3, 0.4) is 0 Å². The molecule has 31 heavy (non-hydrogen) atoms. The van der Waals surface area contributed by atoms with Crippen LogP contribution in [-0.4, -0.2) is 53.3 Å². The predicted octanol–water partition coefficient (Wildman–Crippen LogP) is 4.61. The number of carbonyl (C=O) groups excluding carboxylic acids is 1. The number of likely N-dealkylation sites (tertiary alicyclic amines) is 1. The highest BCUT2D eigenvalue weighted by atomic mass is 16.5. The molecule has 1 amide bonds. The van der Waals surface area contributed by atoms with Crippen LogP contribution in [-0.2, 0) is 4.74 Å². The van der Waals surface area contributed by atoms with Gasteiger partial charge in [0, 0.05) is 24.7 Å². The summed E-state index contributed by atoms with van der Waals surface area (Å²) in [4.78, 5) is 25.6. The van der Waals surface area contributed by atoms with Crippen molar-refractivity contribution in [1.82, 2.24) is 4.90 Å². The van der Waals surface area contributed by atoms with Crippen LogP contribution in [0.4, 0.5) is 0 Å². The second-order valence-corrected chi connectivity index (χ2v) is 8.62. The van der Waals surface area contributed by atoms with Crippen molar-refractivity contribution in [2.24, 2.45) is 0 Å². The van der Waals surface area contributed by atoms with Gasteiger partial charge in [-0.05, 0) is 70.5 Å². The van der Waals surface area contributed by atoms with E-state index in [9.17, 15) is 14.7 Å². The first-order chi connectivity index (χ1) is 14.6. The molecule has 0 bridgehead atoms. The van der Waals surface area contributed by atoms with Crippen molar-refractivity contribution in [3.05, 3.63) is 53.6 Å². The van der Waals surface area contributed by atoms with Gasteiger partial charge in [0.25, 0.3) is 5.91 Å². The minimum atomic E-state index is -1.08. The lowest BCUT2D eigenvalue weighted by Crippen LogP contribution is -2.41. The fourth-order valence-corrected chi connectivity index (χ4v) is 2.96. The zero-order valence-electron chi connectivity index (χ0n) is 18.4. The first-order valence-electron chi connectivity index (χ1n) is 10.4. The Morgan fingerprint density at radius 3 is 2.19 bits per heavy atom. The number of hydrogen-bond donors (Lipinski definition) is 1. The summed E-state index contributed by atoms with van der Waals surface area (Å²) in [6, 6.07) is 11.3. The average molecular weight is 427 g/mol. The summed E-state index contributed by atoms with van der Waals surface area (Å²) in [5, 5.41) is 9.44. The summed E-state index contributed by atoms with van der Waals surface area (Å²) < 4.78 is 17.4. The van der Waals surface area contributed by atoms with Gasteiger partial charge >= 0.3 is 5.97 Å². The number of carboxylic acid groups (broad SMARTS) is 1. The highest BCUT2D eigenvalue weighted by molar-refractivity contribution is 5.94. The molecular weight excluding hydrogens is 398 g/mol. The molecule has 1 heterocycles. The van der Waals surface area contributed by atoms with Crippen molar-refractivity contribution in [3.63, 3.8) is 0 Å². The summed E-state index contributed by atoms with van der Waals surface area (Å²) in [6.45, 7) is 9.68. The molecule has 0 aliphatic carbocycles. The highest BCUT2D eigenvalue weighted by Crippen LogP contribution is 2.29. The van der Waals surface area contributed by atoms with Crippen LogP contribution in [0.25, 0.3) is 0 Å². The van der Waals surface area contributed by atoms with Crippen LogP contribution in [0.5, 0.6) is 17.2 Å². The van der Waals surface area contributed by atoms with Crippen molar-refractivity contribution in [3.8, 4) is 17.2 Å². The molecule has 1 saturated heterocycles. The first-order valence-corrected chi connectivity index (χ1v) is 10.4. The summed E-state index contributed by atoms with van der Waals surface area (Å²) in [7, 11) is 0. The number of ether oxygens (including phenoxy) is 3. The predicted molar refractivity (Wildman–Crippen MR) is 116 cm³/mol. The smallest absolute Gasteiger partial charge is 0.335 e. The molecule has 1 unspecified atom stereocenters. The second kappa shape index (κ2) is 9.39. The van der Waals surface area contributed by atoms with Crippen LogP contribution >= 0.6 is 0 Å². The number of rotatable bonds is 8. The van der Waals surface area contributed by atoms with Crippen molar-refractivity contribution in [1.29, 1.82) is 0 Å². The van der Waals surface area contributed by atoms with Gasteiger partial charge in [0.15, 0.2) is 0 Å². The van der Waals surface area contributed by atoms with Gasteiger partial charge < -0.3 is 24.2 Å². The summed E-state index contributed by atoms with van der Waals surface area (Å²) in [5.41, 5.74) is 0.363.